The summed E-state index contributed by atoms with van der Waals surface area (Å²) in [4.78, 5) is 25.1. The minimum absolute atomic E-state index is 0.00249. The van der Waals surface area contributed by atoms with E-state index in [9.17, 15) is 14.9 Å². The molecule has 0 rings (SSSR count). The average Bonchev–Trinajstić information content (AvgIpc) is 2.82. The Bertz CT molecular complexity index is 801. The first-order valence-corrected chi connectivity index (χ1v) is 15.2. The van der Waals surface area contributed by atoms with Crippen LogP contribution in [-0.2, 0) is 23.8 Å². The minimum atomic E-state index is -0.588. The molecule has 0 bridgehead atoms. The highest BCUT2D eigenvalue weighted by Gasteiger charge is 2.38. The van der Waals surface area contributed by atoms with Crippen LogP contribution >= 0.6 is 0 Å². The molecular weight excluding hydrogens is 506 g/mol. The van der Waals surface area contributed by atoms with E-state index in [4.69, 9.17) is 14.2 Å². The van der Waals surface area contributed by atoms with Gasteiger partial charge in [0.1, 0.15) is 0 Å². The van der Waals surface area contributed by atoms with Gasteiger partial charge in [0, 0.05) is 31.5 Å². The first-order chi connectivity index (χ1) is 18.3. The standard InChI is InChI=1S/C32H61N3O5/c1-12-14-21-38-23-20-35-27(37)28(3,4)24-31(9,10)40-30(7,8)18-22-39-29(5,6)17-19-34-26(36)15-16-32(11,13-2)25-33/h12-24H2,1-11H3,(H,34,36)(H,35,37). The van der Waals surface area contributed by atoms with Crippen LogP contribution < -0.4 is 10.6 Å². The van der Waals surface area contributed by atoms with E-state index in [1.54, 1.807) is 0 Å². The maximum absolute atomic E-state index is 12.8. The van der Waals surface area contributed by atoms with Crippen molar-refractivity contribution in [3.8, 4) is 6.07 Å². The predicted octanol–water partition coefficient (Wildman–Crippen LogP) is 6.32. The number of carbonyl (C=O) groups excluding carboxylic acids is 2. The van der Waals surface area contributed by atoms with Crippen molar-refractivity contribution in [2.24, 2.45) is 10.8 Å². The van der Waals surface area contributed by atoms with Gasteiger partial charge in [-0.15, -0.1) is 0 Å². The molecule has 0 saturated carbocycles. The molecule has 0 aliphatic rings. The zero-order valence-electron chi connectivity index (χ0n) is 27.7. The summed E-state index contributed by atoms with van der Waals surface area (Å²) in [5.74, 6) is -0.0258. The van der Waals surface area contributed by atoms with Crippen molar-refractivity contribution >= 4 is 11.8 Å². The number of nitriles is 1. The van der Waals surface area contributed by atoms with Crippen LogP contribution in [0.1, 0.15) is 128 Å². The summed E-state index contributed by atoms with van der Waals surface area (Å²) in [5, 5.41) is 15.2. The van der Waals surface area contributed by atoms with E-state index < -0.39 is 27.6 Å². The van der Waals surface area contributed by atoms with Crippen molar-refractivity contribution in [3.05, 3.63) is 0 Å². The highest BCUT2D eigenvalue weighted by Crippen LogP contribution is 2.34. The topological polar surface area (TPSA) is 110 Å². The van der Waals surface area contributed by atoms with E-state index in [1.165, 1.54) is 0 Å². The second-order valence-electron chi connectivity index (χ2n) is 13.9. The van der Waals surface area contributed by atoms with Gasteiger partial charge in [0.25, 0.3) is 0 Å². The molecule has 8 heteroatoms. The van der Waals surface area contributed by atoms with Crippen LogP contribution in [0.5, 0.6) is 0 Å². The lowest BCUT2D eigenvalue weighted by atomic mass is 9.80. The maximum atomic E-state index is 12.8. The molecule has 0 aliphatic carbocycles. The normalized spacial score (nSPS) is 14.3. The number of rotatable bonds is 22. The van der Waals surface area contributed by atoms with Crippen LogP contribution in [0.25, 0.3) is 0 Å². The third-order valence-corrected chi connectivity index (χ3v) is 7.41. The summed E-state index contributed by atoms with van der Waals surface area (Å²) in [5.41, 5.74) is -2.39. The Kier molecular flexibility index (Phi) is 16.6. The number of carbonyl (C=O) groups is 2. The molecule has 1 atom stereocenters. The zero-order chi connectivity index (χ0) is 31.1. The summed E-state index contributed by atoms with van der Waals surface area (Å²) in [6.07, 6.45) is 5.73. The van der Waals surface area contributed by atoms with Crippen molar-refractivity contribution in [2.45, 2.75) is 144 Å². The Balaban J connectivity index is 4.55. The molecule has 0 aliphatic heterocycles. The SMILES string of the molecule is CCCCOCCNC(=O)C(C)(C)CC(C)(C)OC(C)(C)CCOC(C)(C)CCNC(=O)CCC(C)(C#N)CC. The molecular formula is C32H61N3O5. The molecule has 0 saturated heterocycles. The van der Waals surface area contributed by atoms with Gasteiger partial charge in [-0.3, -0.25) is 9.59 Å². The number of hydrogen-bond acceptors (Lipinski definition) is 6. The fourth-order valence-corrected chi connectivity index (χ4v) is 4.74. The van der Waals surface area contributed by atoms with Gasteiger partial charge in [-0.05, 0) is 87.0 Å². The summed E-state index contributed by atoms with van der Waals surface area (Å²) >= 11 is 0. The third kappa shape index (κ3) is 17.2. The van der Waals surface area contributed by atoms with Crippen molar-refractivity contribution in [2.75, 3.05) is 32.9 Å². The van der Waals surface area contributed by atoms with Gasteiger partial charge >= 0.3 is 0 Å². The molecule has 8 nitrogen and oxygen atoms in total. The van der Waals surface area contributed by atoms with Crippen LogP contribution in [0, 0.1) is 22.2 Å². The molecule has 0 spiro atoms. The van der Waals surface area contributed by atoms with Gasteiger partial charge < -0.3 is 24.8 Å². The van der Waals surface area contributed by atoms with Crippen LogP contribution in [-0.4, -0.2) is 61.5 Å². The summed E-state index contributed by atoms with van der Waals surface area (Å²) in [6, 6.07) is 2.31. The number of nitrogens with one attached hydrogen (secondary N) is 2. The Labute approximate surface area is 245 Å². The van der Waals surface area contributed by atoms with E-state index in [1.807, 2.05) is 55.4 Å². The Morgan fingerprint density at radius 2 is 1.43 bits per heavy atom. The van der Waals surface area contributed by atoms with Crippen molar-refractivity contribution in [3.63, 3.8) is 0 Å². The lowest BCUT2D eigenvalue weighted by molar-refractivity contribution is -0.159. The van der Waals surface area contributed by atoms with E-state index in [0.717, 1.165) is 25.9 Å². The third-order valence-electron chi connectivity index (χ3n) is 7.41. The molecule has 0 aromatic rings. The molecule has 0 heterocycles. The lowest BCUT2D eigenvalue weighted by Crippen LogP contribution is -2.46. The van der Waals surface area contributed by atoms with Crippen molar-refractivity contribution < 1.29 is 23.8 Å². The smallest absolute Gasteiger partial charge is 0.225 e. The highest BCUT2D eigenvalue weighted by atomic mass is 16.5. The minimum Gasteiger partial charge on any atom is -0.380 e. The average molecular weight is 568 g/mol. The van der Waals surface area contributed by atoms with E-state index >= 15 is 0 Å². The molecule has 0 aromatic carbocycles. The van der Waals surface area contributed by atoms with Gasteiger partial charge in [-0.1, -0.05) is 34.1 Å². The van der Waals surface area contributed by atoms with E-state index in [2.05, 4.69) is 37.5 Å². The molecule has 0 fully saturated rings. The second-order valence-corrected chi connectivity index (χ2v) is 13.9. The monoisotopic (exact) mass is 567 g/mol. The number of ether oxygens (including phenoxy) is 3. The Morgan fingerprint density at radius 1 is 0.775 bits per heavy atom. The van der Waals surface area contributed by atoms with Gasteiger partial charge in [-0.25, -0.2) is 0 Å². The molecule has 40 heavy (non-hydrogen) atoms. The quantitative estimate of drug-likeness (QED) is 0.148. The molecule has 0 aromatic heterocycles. The van der Waals surface area contributed by atoms with Crippen LogP contribution in [0.4, 0.5) is 0 Å². The number of hydrogen-bond donors (Lipinski definition) is 2. The molecule has 234 valence electrons. The van der Waals surface area contributed by atoms with Crippen molar-refractivity contribution in [1.29, 1.82) is 5.26 Å². The second kappa shape index (κ2) is 17.3. The van der Waals surface area contributed by atoms with Crippen LogP contribution in [0.15, 0.2) is 0 Å². The molecule has 0 radical (unpaired) electrons. The lowest BCUT2D eigenvalue weighted by Gasteiger charge is -2.40. The Hall–Kier alpha value is -1.69. The molecule has 2 amide bonds. The predicted molar refractivity (Wildman–Crippen MR) is 162 cm³/mol. The summed E-state index contributed by atoms with van der Waals surface area (Å²) in [7, 11) is 0. The highest BCUT2D eigenvalue weighted by molar-refractivity contribution is 5.81. The molecule has 1 unspecified atom stereocenters. The summed E-state index contributed by atoms with van der Waals surface area (Å²) in [6.45, 7) is 24.9. The largest absolute Gasteiger partial charge is 0.380 e. The number of nitrogens with zero attached hydrogens (tertiary/aromatic N) is 1. The number of amides is 2. The Morgan fingerprint density at radius 3 is 2.00 bits per heavy atom. The first-order valence-electron chi connectivity index (χ1n) is 15.2. The first kappa shape index (κ1) is 38.3. The van der Waals surface area contributed by atoms with E-state index in [-0.39, 0.29) is 11.8 Å². The van der Waals surface area contributed by atoms with Crippen LogP contribution in [0.2, 0.25) is 0 Å². The zero-order valence-corrected chi connectivity index (χ0v) is 27.7. The van der Waals surface area contributed by atoms with E-state index in [0.29, 0.717) is 58.4 Å². The fourth-order valence-electron chi connectivity index (χ4n) is 4.74. The van der Waals surface area contributed by atoms with Gasteiger partial charge in [-0.2, -0.15) is 5.26 Å². The van der Waals surface area contributed by atoms with Gasteiger partial charge in [0.2, 0.25) is 11.8 Å². The van der Waals surface area contributed by atoms with Crippen LogP contribution in [0.3, 0.4) is 0 Å². The van der Waals surface area contributed by atoms with Gasteiger partial charge in [0.15, 0.2) is 0 Å². The fraction of sp³-hybridized carbons (Fsp3) is 0.906. The number of unbranched alkanes of at least 4 members (excludes halogenated alkanes) is 1. The van der Waals surface area contributed by atoms with Crippen molar-refractivity contribution in [1.82, 2.24) is 10.6 Å². The van der Waals surface area contributed by atoms with Gasteiger partial charge in [0.05, 0.1) is 41.5 Å². The summed E-state index contributed by atoms with van der Waals surface area (Å²) < 4.78 is 18.2. The maximum Gasteiger partial charge on any atom is 0.225 e. The molecule has 2 N–H and O–H groups in total.